The van der Waals surface area contributed by atoms with Gasteiger partial charge in [0, 0.05) is 29.8 Å². The highest BCUT2D eigenvalue weighted by molar-refractivity contribution is 6.33. The summed E-state index contributed by atoms with van der Waals surface area (Å²) in [7, 11) is 0. The van der Waals surface area contributed by atoms with Crippen molar-refractivity contribution in [1.82, 2.24) is 35.2 Å². The molecule has 2 aliphatic heterocycles. The Hall–Kier alpha value is -4.70. The van der Waals surface area contributed by atoms with Crippen LogP contribution in [-0.2, 0) is 15.7 Å². The first-order valence-electron chi connectivity index (χ1n) is 15.8. The van der Waals surface area contributed by atoms with Gasteiger partial charge < -0.3 is 25.4 Å². The van der Waals surface area contributed by atoms with Gasteiger partial charge in [-0.3, -0.25) is 19.5 Å². The van der Waals surface area contributed by atoms with Crippen LogP contribution in [0.1, 0.15) is 70.9 Å². The van der Waals surface area contributed by atoms with E-state index in [9.17, 15) is 32.7 Å². The van der Waals surface area contributed by atoms with Gasteiger partial charge >= 0.3 is 6.18 Å². The maximum absolute atomic E-state index is 14.2. The first kappa shape index (κ1) is 34.2. The number of rotatable bonds is 7. The molecule has 4 heterocycles. The molecule has 0 bridgehead atoms. The van der Waals surface area contributed by atoms with Crippen LogP contribution in [0.2, 0.25) is 5.02 Å². The zero-order valence-electron chi connectivity index (χ0n) is 26.5. The van der Waals surface area contributed by atoms with Crippen molar-refractivity contribution in [2.45, 2.75) is 51.6 Å². The molecular formula is C32H34ClF3N8O5. The molecule has 0 unspecified atom stereocenters. The van der Waals surface area contributed by atoms with E-state index in [-0.39, 0.29) is 47.5 Å². The molecule has 13 nitrogen and oxygen atoms in total. The second kappa shape index (κ2) is 13.7. The number of H-pyrrole nitrogens is 1. The number of aryl methyl sites for hydroxylation is 1. The molecule has 6 rings (SSSR count). The van der Waals surface area contributed by atoms with Crippen molar-refractivity contribution in [3.05, 3.63) is 69.7 Å². The second-order valence-corrected chi connectivity index (χ2v) is 12.7. The van der Waals surface area contributed by atoms with E-state index in [0.29, 0.717) is 68.8 Å². The van der Waals surface area contributed by atoms with Crippen molar-refractivity contribution in [2.75, 3.05) is 38.2 Å². The Balaban J connectivity index is 1.23. The molecule has 3 aliphatic rings. The molecule has 1 spiro atoms. The first-order chi connectivity index (χ1) is 23.4. The minimum Gasteiger partial charge on any atom is -0.504 e. The fourth-order valence-corrected chi connectivity index (χ4v) is 6.80. The predicted molar refractivity (Wildman–Crippen MR) is 171 cm³/mol. The maximum atomic E-state index is 14.2. The molecule has 17 heteroatoms. The summed E-state index contributed by atoms with van der Waals surface area (Å²) in [6.45, 7) is 2.86. The normalized spacial score (nSPS) is 18.0. The molecule has 0 atom stereocenters. The third-order valence-electron chi connectivity index (χ3n) is 9.25. The van der Waals surface area contributed by atoms with Crippen molar-refractivity contribution in [3.8, 4) is 5.75 Å². The highest BCUT2D eigenvalue weighted by Crippen LogP contribution is 2.48. The molecule has 4 N–H and O–H groups in total. The Bertz CT molecular complexity index is 1830. The van der Waals surface area contributed by atoms with Gasteiger partial charge in [-0.2, -0.15) is 13.2 Å². The minimum atomic E-state index is -4.59. The lowest BCUT2D eigenvalue weighted by molar-refractivity contribution is -0.137. The van der Waals surface area contributed by atoms with E-state index in [1.54, 1.807) is 11.8 Å². The summed E-state index contributed by atoms with van der Waals surface area (Å²) in [6, 6.07) is 2.66. The summed E-state index contributed by atoms with van der Waals surface area (Å²) < 4.78 is 44.6. The van der Waals surface area contributed by atoms with E-state index in [1.807, 2.05) is 6.08 Å². The fraction of sp³-hybridized carbons (Fsp3) is 0.438. The average Bonchev–Trinajstić information content (AvgIpc) is 3.05. The minimum absolute atomic E-state index is 0.0166. The number of aromatic nitrogens is 5. The molecule has 1 aromatic carbocycles. The van der Waals surface area contributed by atoms with Gasteiger partial charge in [0.2, 0.25) is 5.91 Å². The van der Waals surface area contributed by atoms with Crippen molar-refractivity contribution >= 4 is 40.6 Å². The van der Waals surface area contributed by atoms with Crippen LogP contribution in [0.3, 0.4) is 0 Å². The number of anilines is 1. The van der Waals surface area contributed by atoms with Crippen LogP contribution in [0.25, 0.3) is 5.57 Å². The Morgan fingerprint density at radius 2 is 1.88 bits per heavy atom. The van der Waals surface area contributed by atoms with Crippen LogP contribution < -0.4 is 10.6 Å². The molecule has 1 aliphatic carbocycles. The summed E-state index contributed by atoms with van der Waals surface area (Å²) >= 11 is 6.03. The number of hydrogen-bond donors (Lipinski definition) is 4. The molecular weight excluding hydrogens is 669 g/mol. The van der Waals surface area contributed by atoms with E-state index in [0.717, 1.165) is 23.8 Å². The molecule has 0 radical (unpaired) electrons. The number of allylic oxidation sites excluding steroid dienone is 2. The number of halogens is 4. The quantitative estimate of drug-likeness (QED) is 0.272. The van der Waals surface area contributed by atoms with Crippen LogP contribution in [0.5, 0.6) is 5.75 Å². The maximum Gasteiger partial charge on any atom is 0.416 e. The number of benzene rings is 1. The highest BCUT2D eigenvalue weighted by atomic mass is 35.5. The number of hydrogen-bond acceptors (Lipinski definition) is 9. The molecule has 0 saturated carbocycles. The number of likely N-dealkylation sites (tertiary alicyclic amines) is 1. The summed E-state index contributed by atoms with van der Waals surface area (Å²) in [4.78, 5) is 51.1. The van der Waals surface area contributed by atoms with Gasteiger partial charge in [-0.1, -0.05) is 17.7 Å². The number of carbonyl (C=O) groups is 3. The van der Waals surface area contributed by atoms with Crippen LogP contribution in [0.4, 0.5) is 18.9 Å². The van der Waals surface area contributed by atoms with Crippen LogP contribution >= 0.6 is 11.6 Å². The largest absolute Gasteiger partial charge is 0.504 e. The number of aromatic hydroxyl groups is 1. The smallest absolute Gasteiger partial charge is 0.416 e. The lowest BCUT2D eigenvalue weighted by Crippen LogP contribution is -2.48. The number of nitrogens with zero attached hydrogens (tertiary/aromatic N) is 5. The number of alkyl halides is 3. The Kier molecular flexibility index (Phi) is 9.53. The first-order valence-corrected chi connectivity index (χ1v) is 16.1. The summed E-state index contributed by atoms with van der Waals surface area (Å²) in [5.41, 5.74) is 0.550. The van der Waals surface area contributed by atoms with Crippen molar-refractivity contribution in [3.63, 3.8) is 0 Å². The van der Waals surface area contributed by atoms with Gasteiger partial charge in [-0.25, -0.2) is 9.97 Å². The Morgan fingerprint density at radius 1 is 1.12 bits per heavy atom. The van der Waals surface area contributed by atoms with Crippen LogP contribution in [-0.4, -0.2) is 85.5 Å². The topological polar surface area (TPSA) is 167 Å². The van der Waals surface area contributed by atoms with Gasteiger partial charge in [0.05, 0.1) is 41.7 Å². The van der Waals surface area contributed by atoms with Gasteiger partial charge in [0.25, 0.3) is 11.8 Å². The number of amides is 2. The SMILES string of the molecule is Cc1ncnc(C(=O)N2CCC3(CCCC(NCC(=O)Nc4ccc(C(F)(F)F)cc4Cl)=C3C(=O)n3nc(C4=CCOCC4)[nH]3)CC2)c1O. The predicted octanol–water partition coefficient (Wildman–Crippen LogP) is 4.72. The number of aromatic amines is 1. The van der Waals surface area contributed by atoms with Crippen LogP contribution in [0.15, 0.2) is 41.9 Å². The summed E-state index contributed by atoms with van der Waals surface area (Å²) in [6.07, 6.45) is 1.84. The average molecular weight is 703 g/mol. The monoisotopic (exact) mass is 702 g/mol. The van der Waals surface area contributed by atoms with Crippen molar-refractivity contribution in [2.24, 2.45) is 5.41 Å². The number of ether oxygens (including phenoxy) is 1. The molecule has 2 amide bonds. The van der Waals surface area contributed by atoms with Gasteiger partial charge in [0.1, 0.15) is 6.33 Å². The molecule has 49 heavy (non-hydrogen) atoms. The van der Waals surface area contributed by atoms with Gasteiger partial charge in [-0.05, 0) is 69.2 Å². The zero-order chi connectivity index (χ0) is 34.9. The van der Waals surface area contributed by atoms with E-state index >= 15 is 0 Å². The van der Waals surface area contributed by atoms with Gasteiger partial charge in [0.15, 0.2) is 17.3 Å². The standard InChI is InChI=1S/C32H34ClF3N8O5/c1-18-27(46)26(39-17-38-18)30(48)43-11-9-31(10-12-43)8-2-3-23(25(31)29(47)44-41-28(42-44)19-6-13-49-14-7-19)37-16-24(45)40-22-5-4-20(15-21(22)33)32(34,35)36/h4-6,15,17,37,46H,2-3,7-14,16H2,1H3,(H,40,45)(H,41,42). The Morgan fingerprint density at radius 3 is 2.55 bits per heavy atom. The van der Waals surface area contributed by atoms with E-state index in [1.165, 1.54) is 11.1 Å². The van der Waals surface area contributed by atoms with Crippen molar-refractivity contribution < 1.29 is 37.4 Å². The summed E-state index contributed by atoms with van der Waals surface area (Å²) in [5, 5.41) is 23.3. The third-order valence-corrected chi connectivity index (χ3v) is 9.56. The highest BCUT2D eigenvalue weighted by Gasteiger charge is 2.46. The van der Waals surface area contributed by atoms with Gasteiger partial charge in [-0.15, -0.1) is 9.90 Å². The fourth-order valence-electron chi connectivity index (χ4n) is 6.57. The molecule has 260 valence electrons. The summed E-state index contributed by atoms with van der Waals surface area (Å²) in [5.74, 6) is -1.11. The lowest BCUT2D eigenvalue weighted by Gasteiger charge is -2.46. The van der Waals surface area contributed by atoms with Crippen molar-refractivity contribution in [1.29, 1.82) is 0 Å². The van der Waals surface area contributed by atoms with E-state index < -0.39 is 34.9 Å². The second-order valence-electron chi connectivity index (χ2n) is 12.3. The number of piperidine rings is 1. The Labute approximate surface area is 283 Å². The zero-order valence-corrected chi connectivity index (χ0v) is 27.2. The van der Waals surface area contributed by atoms with Crippen LogP contribution in [0, 0.1) is 12.3 Å². The molecule has 1 saturated heterocycles. The van der Waals surface area contributed by atoms with E-state index in [2.05, 4.69) is 30.8 Å². The van der Waals surface area contributed by atoms with E-state index in [4.69, 9.17) is 16.3 Å². The lowest BCUT2D eigenvalue weighted by atomic mass is 9.65. The third kappa shape index (κ3) is 7.06. The molecule has 3 aromatic rings. The number of nitrogens with one attached hydrogen (secondary N) is 3. The molecule has 1 fully saturated rings. The molecule has 2 aromatic heterocycles. The number of carbonyl (C=O) groups excluding carboxylic acids is 3.